The van der Waals surface area contributed by atoms with E-state index in [4.69, 9.17) is 5.26 Å². The smallest absolute Gasteiger partial charge is 0.370 e. The highest BCUT2D eigenvalue weighted by molar-refractivity contribution is 5.91. The maximum absolute atomic E-state index is 13.1. The molecule has 1 aliphatic heterocycles. The fourth-order valence-electron chi connectivity index (χ4n) is 3.10. The first kappa shape index (κ1) is 19.6. The number of halogens is 3. The number of nitrogens with zero attached hydrogens (tertiary/aromatic N) is 4. The van der Waals surface area contributed by atoms with Gasteiger partial charge in [0.25, 0.3) is 0 Å². The molecule has 0 saturated carbocycles. The molecule has 3 heterocycles. The minimum Gasteiger partial charge on any atom is -0.370 e. The third-order valence-electron chi connectivity index (χ3n) is 4.68. The predicted molar refractivity (Wildman–Crippen MR) is 96.5 cm³/mol. The Morgan fingerprint density at radius 1 is 1.25 bits per heavy atom. The molecule has 0 atom stereocenters. The van der Waals surface area contributed by atoms with Crippen molar-refractivity contribution in [1.82, 2.24) is 9.97 Å². The third-order valence-corrected chi connectivity index (χ3v) is 4.68. The van der Waals surface area contributed by atoms with Crippen molar-refractivity contribution in [2.75, 3.05) is 23.3 Å². The van der Waals surface area contributed by atoms with E-state index < -0.39 is 17.4 Å². The van der Waals surface area contributed by atoms with Crippen LogP contribution >= 0.6 is 0 Å². The van der Waals surface area contributed by atoms with Crippen molar-refractivity contribution in [3.8, 4) is 6.07 Å². The van der Waals surface area contributed by atoms with Crippen molar-refractivity contribution in [3.63, 3.8) is 0 Å². The fraction of sp³-hybridized carbons (Fsp3) is 0.368. The number of pyridine rings is 2. The lowest BCUT2D eigenvalue weighted by molar-refractivity contribution is -0.138. The van der Waals surface area contributed by atoms with Gasteiger partial charge in [0, 0.05) is 25.2 Å². The van der Waals surface area contributed by atoms with Crippen LogP contribution in [0.4, 0.5) is 24.7 Å². The molecule has 1 amide bonds. The van der Waals surface area contributed by atoms with E-state index in [1.165, 1.54) is 12.3 Å². The van der Waals surface area contributed by atoms with Crippen LogP contribution in [0.5, 0.6) is 0 Å². The van der Waals surface area contributed by atoms with Crippen LogP contribution in [0, 0.1) is 24.2 Å². The lowest BCUT2D eigenvalue weighted by atomic mass is 9.95. The number of anilines is 2. The Labute approximate surface area is 160 Å². The maximum Gasteiger partial charge on any atom is 0.419 e. The molecule has 0 aliphatic carbocycles. The number of carbonyl (C=O) groups excluding carboxylic acids is 1. The lowest BCUT2D eigenvalue weighted by Gasteiger charge is -2.33. The van der Waals surface area contributed by atoms with Crippen LogP contribution in [0.25, 0.3) is 0 Å². The Balaban J connectivity index is 1.64. The quantitative estimate of drug-likeness (QED) is 0.869. The number of amides is 1. The number of piperidine rings is 1. The normalized spacial score (nSPS) is 15.2. The van der Waals surface area contributed by atoms with Crippen LogP contribution in [0.1, 0.15) is 29.7 Å². The molecule has 0 aromatic carbocycles. The third kappa shape index (κ3) is 4.39. The van der Waals surface area contributed by atoms with Gasteiger partial charge in [-0.2, -0.15) is 18.4 Å². The zero-order chi connectivity index (χ0) is 20.3. The summed E-state index contributed by atoms with van der Waals surface area (Å²) in [4.78, 5) is 21.9. The zero-order valence-corrected chi connectivity index (χ0v) is 15.1. The summed E-state index contributed by atoms with van der Waals surface area (Å²) in [6.07, 6.45) is -0.718. The molecule has 1 aliphatic rings. The minimum atomic E-state index is -4.65. The van der Waals surface area contributed by atoms with Crippen molar-refractivity contribution in [1.29, 1.82) is 5.26 Å². The molecule has 0 bridgehead atoms. The molecule has 0 unspecified atom stereocenters. The van der Waals surface area contributed by atoms with E-state index in [1.807, 2.05) is 13.0 Å². The van der Waals surface area contributed by atoms with Gasteiger partial charge < -0.3 is 10.2 Å². The van der Waals surface area contributed by atoms with Crippen molar-refractivity contribution in [2.45, 2.75) is 25.9 Å². The number of aromatic nitrogens is 2. The average molecular weight is 389 g/mol. The van der Waals surface area contributed by atoms with Gasteiger partial charge in [0.05, 0.1) is 17.4 Å². The largest absolute Gasteiger partial charge is 0.419 e. The Morgan fingerprint density at radius 3 is 2.54 bits per heavy atom. The summed E-state index contributed by atoms with van der Waals surface area (Å²) in [6.45, 7) is 2.74. The van der Waals surface area contributed by atoms with Crippen LogP contribution in [0.3, 0.4) is 0 Å². The molecule has 28 heavy (non-hydrogen) atoms. The Hall–Kier alpha value is -3.15. The molecule has 0 spiro atoms. The zero-order valence-electron chi connectivity index (χ0n) is 15.1. The summed E-state index contributed by atoms with van der Waals surface area (Å²) >= 11 is 0. The van der Waals surface area contributed by atoms with Crippen molar-refractivity contribution in [2.24, 2.45) is 5.92 Å². The number of aryl methyl sites for hydroxylation is 1. The maximum atomic E-state index is 13.1. The number of carbonyl (C=O) groups is 1. The molecule has 3 rings (SSSR count). The molecule has 0 radical (unpaired) electrons. The number of hydrogen-bond acceptors (Lipinski definition) is 5. The number of hydrogen-bond donors (Lipinski definition) is 1. The summed E-state index contributed by atoms with van der Waals surface area (Å²) in [6, 6.07) is 5.99. The molecular weight excluding hydrogens is 371 g/mol. The Bertz CT molecular complexity index is 897. The summed E-state index contributed by atoms with van der Waals surface area (Å²) in [7, 11) is 0. The number of alkyl halides is 3. The highest BCUT2D eigenvalue weighted by atomic mass is 19.4. The Kier molecular flexibility index (Phi) is 5.49. The van der Waals surface area contributed by atoms with E-state index in [-0.39, 0.29) is 11.8 Å². The van der Waals surface area contributed by atoms with Gasteiger partial charge >= 0.3 is 6.18 Å². The molecule has 1 fully saturated rings. The summed E-state index contributed by atoms with van der Waals surface area (Å²) in [5.41, 5.74) is -0.403. The topological polar surface area (TPSA) is 81.9 Å². The van der Waals surface area contributed by atoms with Gasteiger partial charge in [-0.15, -0.1) is 0 Å². The van der Waals surface area contributed by atoms with Crippen LogP contribution in [0.15, 0.2) is 30.6 Å². The van der Waals surface area contributed by atoms with Crippen LogP contribution in [0.2, 0.25) is 0 Å². The van der Waals surface area contributed by atoms with E-state index in [0.29, 0.717) is 37.4 Å². The molecule has 1 N–H and O–H groups in total. The number of nitrogens with one attached hydrogen (secondary N) is 1. The second-order valence-electron chi connectivity index (χ2n) is 6.67. The van der Waals surface area contributed by atoms with Crippen molar-refractivity contribution < 1.29 is 18.0 Å². The molecule has 2 aromatic heterocycles. The highest BCUT2D eigenvalue weighted by Gasteiger charge is 2.35. The first-order valence-corrected chi connectivity index (χ1v) is 8.73. The lowest BCUT2D eigenvalue weighted by Crippen LogP contribution is -2.38. The van der Waals surface area contributed by atoms with Gasteiger partial charge in [-0.25, -0.2) is 9.97 Å². The second-order valence-corrected chi connectivity index (χ2v) is 6.67. The van der Waals surface area contributed by atoms with E-state index in [1.54, 1.807) is 17.2 Å². The first-order chi connectivity index (χ1) is 13.3. The minimum absolute atomic E-state index is 0.148. The summed E-state index contributed by atoms with van der Waals surface area (Å²) in [5.74, 6) is 0.0851. The van der Waals surface area contributed by atoms with E-state index in [2.05, 4.69) is 15.3 Å². The molecule has 2 aromatic rings. The first-order valence-electron chi connectivity index (χ1n) is 8.73. The highest BCUT2D eigenvalue weighted by Crippen LogP contribution is 2.34. The molecule has 146 valence electrons. The van der Waals surface area contributed by atoms with Crippen LogP contribution in [-0.2, 0) is 11.0 Å². The van der Waals surface area contributed by atoms with Crippen LogP contribution in [-0.4, -0.2) is 29.0 Å². The predicted octanol–water partition coefficient (Wildman–Crippen LogP) is 3.53. The molecular formula is C19H18F3N5O. The molecule has 1 saturated heterocycles. The van der Waals surface area contributed by atoms with E-state index in [0.717, 1.165) is 11.6 Å². The van der Waals surface area contributed by atoms with E-state index in [9.17, 15) is 18.0 Å². The van der Waals surface area contributed by atoms with E-state index >= 15 is 0 Å². The van der Waals surface area contributed by atoms with Crippen LogP contribution < -0.4 is 10.2 Å². The summed E-state index contributed by atoms with van der Waals surface area (Å²) < 4.78 is 39.3. The van der Waals surface area contributed by atoms with Gasteiger partial charge in [0.1, 0.15) is 11.9 Å². The van der Waals surface area contributed by atoms with Crippen molar-refractivity contribution >= 4 is 17.4 Å². The number of rotatable bonds is 3. The summed E-state index contributed by atoms with van der Waals surface area (Å²) in [5, 5.41) is 11.6. The second kappa shape index (κ2) is 7.84. The molecule has 6 nitrogen and oxygen atoms in total. The standard InChI is InChI=1S/C19H18F3N5O/c1-12-2-3-17(25-10-12)26-18(28)13-4-6-27(7-5-13)14-8-15(19(20,21)22)16(9-23)24-11-14/h2-3,8,10-11,13H,4-7H2,1H3,(H,25,26,28). The van der Waals surface area contributed by atoms with Gasteiger partial charge in [0.15, 0.2) is 5.69 Å². The number of nitriles is 1. The van der Waals surface area contributed by atoms with Crippen molar-refractivity contribution in [3.05, 3.63) is 47.4 Å². The van der Waals surface area contributed by atoms with Gasteiger partial charge in [-0.1, -0.05) is 6.07 Å². The van der Waals surface area contributed by atoms with Gasteiger partial charge in [0.2, 0.25) is 5.91 Å². The molecule has 9 heteroatoms. The van der Waals surface area contributed by atoms with Gasteiger partial charge in [-0.3, -0.25) is 4.79 Å². The average Bonchev–Trinajstić information content (AvgIpc) is 2.68. The monoisotopic (exact) mass is 389 g/mol. The fourth-order valence-corrected chi connectivity index (χ4v) is 3.10. The van der Waals surface area contributed by atoms with Gasteiger partial charge in [-0.05, 0) is 37.5 Å². The SMILES string of the molecule is Cc1ccc(NC(=O)C2CCN(c3cnc(C#N)c(C(F)(F)F)c3)CC2)nc1. The Morgan fingerprint density at radius 2 is 1.96 bits per heavy atom.